The number of Topliss-reactive ketones (excluding diaryl/α,β-unsaturated/α-hetero) is 1. The summed E-state index contributed by atoms with van der Waals surface area (Å²) in [7, 11) is 0. The van der Waals surface area contributed by atoms with Gasteiger partial charge in [-0.1, -0.05) is 0 Å². The van der Waals surface area contributed by atoms with Gasteiger partial charge in [-0.25, -0.2) is 4.98 Å². The molecule has 0 saturated heterocycles. The summed E-state index contributed by atoms with van der Waals surface area (Å²) >= 11 is 0. The molecule has 0 aliphatic carbocycles. The van der Waals surface area contributed by atoms with Crippen molar-refractivity contribution in [2.24, 2.45) is 0 Å². The molecule has 7 heteroatoms. The molecule has 0 radical (unpaired) electrons. The largest absolute Gasteiger partial charge is 0.456 e. The number of hydrogen-bond acceptors (Lipinski definition) is 3. The number of ketones is 1. The molecule has 88 valence electrons. The number of rotatable bonds is 1. The number of halogens is 3. The fourth-order valence-electron chi connectivity index (χ4n) is 1.89. The Morgan fingerprint density at radius 2 is 2.06 bits per heavy atom. The number of hydrogen-bond donors (Lipinski definition) is 1. The number of anilines is 1. The minimum Gasteiger partial charge on any atom is -0.369 e. The first-order valence-electron chi connectivity index (χ1n) is 4.87. The zero-order chi connectivity index (χ0) is 11.9. The SMILES string of the molecule is Nc1nc(C(=O)C(F)(F)F)c2n1CCCC2. The first-order chi connectivity index (χ1) is 7.41. The van der Waals surface area contributed by atoms with Crippen LogP contribution in [0.15, 0.2) is 0 Å². The molecule has 1 aromatic rings. The fourth-order valence-corrected chi connectivity index (χ4v) is 1.89. The Balaban J connectivity index is 2.46. The first-order valence-corrected chi connectivity index (χ1v) is 4.87. The Labute approximate surface area is 89.3 Å². The van der Waals surface area contributed by atoms with Gasteiger partial charge in [0, 0.05) is 6.54 Å². The summed E-state index contributed by atoms with van der Waals surface area (Å²) in [5.41, 5.74) is 5.25. The summed E-state index contributed by atoms with van der Waals surface area (Å²) in [6, 6.07) is 0. The predicted octanol–water partition coefficient (Wildman–Crippen LogP) is 1.55. The molecule has 0 saturated carbocycles. The number of carbonyl (C=O) groups is 1. The average molecular weight is 233 g/mol. The zero-order valence-corrected chi connectivity index (χ0v) is 8.34. The molecular formula is C9H10F3N3O. The van der Waals surface area contributed by atoms with Crippen LogP contribution >= 0.6 is 0 Å². The van der Waals surface area contributed by atoms with Crippen LogP contribution in [0.3, 0.4) is 0 Å². The summed E-state index contributed by atoms with van der Waals surface area (Å²) in [5, 5.41) is 0. The molecule has 0 amide bonds. The van der Waals surface area contributed by atoms with Crippen LogP contribution < -0.4 is 5.73 Å². The van der Waals surface area contributed by atoms with E-state index in [-0.39, 0.29) is 5.95 Å². The van der Waals surface area contributed by atoms with Gasteiger partial charge >= 0.3 is 6.18 Å². The molecule has 16 heavy (non-hydrogen) atoms. The van der Waals surface area contributed by atoms with Gasteiger partial charge < -0.3 is 10.3 Å². The van der Waals surface area contributed by atoms with E-state index in [0.29, 0.717) is 18.7 Å². The van der Waals surface area contributed by atoms with Crippen molar-refractivity contribution in [1.29, 1.82) is 0 Å². The van der Waals surface area contributed by atoms with Crippen molar-refractivity contribution in [1.82, 2.24) is 9.55 Å². The van der Waals surface area contributed by atoms with Gasteiger partial charge in [0.15, 0.2) is 0 Å². The zero-order valence-electron chi connectivity index (χ0n) is 8.34. The second-order valence-corrected chi connectivity index (χ2v) is 3.70. The number of carbonyl (C=O) groups excluding carboxylic acids is 1. The monoisotopic (exact) mass is 233 g/mol. The third kappa shape index (κ3) is 1.66. The molecule has 0 spiro atoms. The Morgan fingerprint density at radius 1 is 1.38 bits per heavy atom. The van der Waals surface area contributed by atoms with Gasteiger partial charge in [0.1, 0.15) is 5.69 Å². The lowest BCUT2D eigenvalue weighted by Gasteiger charge is -2.15. The van der Waals surface area contributed by atoms with Crippen molar-refractivity contribution < 1.29 is 18.0 Å². The molecule has 0 atom stereocenters. The van der Waals surface area contributed by atoms with Crippen LogP contribution in [-0.2, 0) is 13.0 Å². The normalized spacial score (nSPS) is 15.9. The molecule has 0 unspecified atom stereocenters. The maximum Gasteiger partial charge on any atom is 0.456 e. The third-order valence-corrected chi connectivity index (χ3v) is 2.62. The number of fused-ring (bicyclic) bond motifs is 1. The Morgan fingerprint density at radius 3 is 2.69 bits per heavy atom. The van der Waals surface area contributed by atoms with Crippen LogP contribution in [0.2, 0.25) is 0 Å². The van der Waals surface area contributed by atoms with E-state index in [0.717, 1.165) is 12.8 Å². The number of nitrogens with two attached hydrogens (primary N) is 1. The van der Waals surface area contributed by atoms with E-state index in [2.05, 4.69) is 4.98 Å². The number of nitrogens with zero attached hydrogens (tertiary/aromatic N) is 2. The number of imidazole rings is 1. The maximum absolute atomic E-state index is 12.3. The average Bonchev–Trinajstić information content (AvgIpc) is 2.55. The van der Waals surface area contributed by atoms with Crippen LogP contribution in [0.1, 0.15) is 29.0 Å². The summed E-state index contributed by atoms with van der Waals surface area (Å²) in [6.07, 6.45) is -2.88. The molecule has 0 aromatic carbocycles. The van der Waals surface area contributed by atoms with Gasteiger partial charge in [0.25, 0.3) is 5.78 Å². The summed E-state index contributed by atoms with van der Waals surface area (Å²) in [6.45, 7) is 0.527. The number of alkyl halides is 3. The lowest BCUT2D eigenvalue weighted by atomic mass is 10.1. The van der Waals surface area contributed by atoms with Crippen molar-refractivity contribution >= 4 is 11.7 Å². The summed E-state index contributed by atoms with van der Waals surface area (Å²) in [4.78, 5) is 14.6. The highest BCUT2D eigenvalue weighted by Gasteiger charge is 2.43. The van der Waals surface area contributed by atoms with E-state index in [9.17, 15) is 18.0 Å². The van der Waals surface area contributed by atoms with Crippen molar-refractivity contribution in [2.75, 3.05) is 5.73 Å². The topological polar surface area (TPSA) is 60.9 Å². The lowest BCUT2D eigenvalue weighted by Crippen LogP contribution is -2.25. The van der Waals surface area contributed by atoms with E-state index in [4.69, 9.17) is 5.73 Å². The highest BCUT2D eigenvalue weighted by molar-refractivity contribution is 6.00. The standard InChI is InChI=1S/C9H10F3N3O/c10-9(11,12)7(16)6-5-3-1-2-4-15(5)8(13)14-6/h1-4H2,(H2,13,14). The van der Waals surface area contributed by atoms with Gasteiger partial charge in [-0.05, 0) is 19.3 Å². The van der Waals surface area contributed by atoms with Gasteiger partial charge in [-0.15, -0.1) is 0 Å². The third-order valence-electron chi connectivity index (χ3n) is 2.62. The minimum atomic E-state index is -4.89. The summed E-state index contributed by atoms with van der Waals surface area (Å²) < 4.78 is 38.3. The molecule has 2 rings (SSSR count). The van der Waals surface area contributed by atoms with E-state index >= 15 is 0 Å². The van der Waals surface area contributed by atoms with E-state index in [1.165, 1.54) is 4.57 Å². The van der Waals surface area contributed by atoms with E-state index in [1.807, 2.05) is 0 Å². The van der Waals surface area contributed by atoms with Gasteiger partial charge in [-0.2, -0.15) is 13.2 Å². The van der Waals surface area contributed by atoms with Gasteiger partial charge in [-0.3, -0.25) is 4.79 Å². The molecule has 0 bridgehead atoms. The Hall–Kier alpha value is -1.53. The number of nitrogen functional groups attached to an aromatic ring is 1. The molecule has 2 heterocycles. The molecule has 1 aromatic heterocycles. The molecule has 0 fully saturated rings. The first kappa shape index (κ1) is 11.0. The summed E-state index contributed by atoms with van der Waals surface area (Å²) in [5.74, 6) is -1.92. The van der Waals surface area contributed by atoms with Crippen molar-refractivity contribution in [2.45, 2.75) is 32.0 Å². The highest BCUT2D eigenvalue weighted by atomic mass is 19.4. The van der Waals surface area contributed by atoms with Gasteiger partial charge in [0.05, 0.1) is 5.69 Å². The molecule has 1 aliphatic heterocycles. The highest BCUT2D eigenvalue weighted by Crippen LogP contribution is 2.27. The lowest BCUT2D eigenvalue weighted by molar-refractivity contribution is -0.0888. The van der Waals surface area contributed by atoms with Crippen molar-refractivity contribution in [3.05, 3.63) is 11.4 Å². The van der Waals surface area contributed by atoms with Crippen LogP contribution in [0.4, 0.5) is 19.1 Å². The molecular weight excluding hydrogens is 223 g/mol. The molecule has 4 nitrogen and oxygen atoms in total. The van der Waals surface area contributed by atoms with Crippen molar-refractivity contribution in [3.8, 4) is 0 Å². The smallest absolute Gasteiger partial charge is 0.369 e. The van der Waals surface area contributed by atoms with Crippen LogP contribution in [0, 0.1) is 0 Å². The fraction of sp³-hybridized carbons (Fsp3) is 0.556. The predicted molar refractivity (Wildman–Crippen MR) is 50.0 cm³/mol. The maximum atomic E-state index is 12.3. The quantitative estimate of drug-likeness (QED) is 0.748. The van der Waals surface area contributed by atoms with Crippen LogP contribution in [0.25, 0.3) is 0 Å². The van der Waals surface area contributed by atoms with Crippen LogP contribution in [0.5, 0.6) is 0 Å². The minimum absolute atomic E-state index is 0.0118. The second-order valence-electron chi connectivity index (χ2n) is 3.70. The van der Waals surface area contributed by atoms with Crippen LogP contribution in [-0.4, -0.2) is 21.5 Å². The Bertz CT molecular complexity index is 436. The van der Waals surface area contributed by atoms with E-state index < -0.39 is 17.7 Å². The second kappa shape index (κ2) is 3.50. The van der Waals surface area contributed by atoms with Crippen molar-refractivity contribution in [3.63, 3.8) is 0 Å². The Kier molecular flexibility index (Phi) is 2.40. The van der Waals surface area contributed by atoms with E-state index in [1.54, 1.807) is 0 Å². The molecule has 1 aliphatic rings. The molecule has 2 N–H and O–H groups in total. The van der Waals surface area contributed by atoms with Gasteiger partial charge in [0.2, 0.25) is 5.95 Å². The number of aromatic nitrogens is 2.